The molecule has 3 aromatic carbocycles. The van der Waals surface area contributed by atoms with Crippen LogP contribution in [0.25, 0.3) is 6.08 Å². The molecule has 0 fully saturated rings. The third-order valence-electron chi connectivity index (χ3n) is 5.58. The summed E-state index contributed by atoms with van der Waals surface area (Å²) in [4.78, 5) is 31.5. The molecule has 4 rings (SSSR count). The van der Waals surface area contributed by atoms with E-state index in [1.165, 1.54) is 58.6 Å². The number of rotatable bonds is 9. The van der Waals surface area contributed by atoms with E-state index in [9.17, 15) is 18.0 Å². The third kappa shape index (κ3) is 5.92. The minimum atomic E-state index is -4.21. The van der Waals surface area contributed by atoms with E-state index in [1.807, 2.05) is 0 Å². The summed E-state index contributed by atoms with van der Waals surface area (Å²) in [6.45, 7) is 1.35. The number of hydrazine groups is 1. The van der Waals surface area contributed by atoms with Gasteiger partial charge in [-0.1, -0.05) is 30.3 Å². The highest BCUT2D eigenvalue weighted by atomic mass is 32.2. The first-order valence-electron chi connectivity index (χ1n) is 11.6. The highest BCUT2D eigenvalue weighted by Crippen LogP contribution is 2.39. The number of nitrogens with zero attached hydrogens (tertiary/aromatic N) is 2. The second kappa shape index (κ2) is 11.4. The SMILES string of the molecule is COc1cc(/C=C2\N=C(c3ccccc3)N(NS(=O)(=O)c3ccc(NC(C)=O)cc3)C2=O)cc(OC)c1OC. The Morgan fingerprint density at radius 1 is 0.923 bits per heavy atom. The van der Waals surface area contributed by atoms with Crippen LogP contribution < -0.4 is 24.4 Å². The molecular formula is C27H26N4O7S. The normalized spacial score (nSPS) is 14.3. The van der Waals surface area contributed by atoms with Gasteiger partial charge in [0.1, 0.15) is 5.70 Å². The van der Waals surface area contributed by atoms with Crippen LogP contribution in [0.4, 0.5) is 5.69 Å². The average Bonchev–Trinajstić information content (AvgIpc) is 3.22. The van der Waals surface area contributed by atoms with Gasteiger partial charge < -0.3 is 19.5 Å². The van der Waals surface area contributed by atoms with Gasteiger partial charge in [0, 0.05) is 18.2 Å². The topological polar surface area (TPSA) is 136 Å². The first-order chi connectivity index (χ1) is 18.7. The highest BCUT2D eigenvalue weighted by molar-refractivity contribution is 7.89. The Kier molecular flexibility index (Phi) is 7.98. The number of amides is 2. The average molecular weight is 551 g/mol. The molecule has 1 heterocycles. The van der Waals surface area contributed by atoms with Crippen LogP contribution in [0.5, 0.6) is 17.2 Å². The van der Waals surface area contributed by atoms with E-state index in [0.29, 0.717) is 34.1 Å². The zero-order valence-corrected chi connectivity index (χ0v) is 22.4. The molecule has 1 aliphatic rings. The lowest BCUT2D eigenvalue weighted by Crippen LogP contribution is -2.47. The Morgan fingerprint density at radius 3 is 2.08 bits per heavy atom. The van der Waals surface area contributed by atoms with Crippen LogP contribution in [-0.2, 0) is 19.6 Å². The molecule has 202 valence electrons. The number of hydrogen-bond donors (Lipinski definition) is 2. The van der Waals surface area contributed by atoms with Gasteiger partial charge in [0.05, 0.1) is 26.2 Å². The van der Waals surface area contributed by atoms with Gasteiger partial charge in [0.15, 0.2) is 17.3 Å². The number of benzene rings is 3. The van der Waals surface area contributed by atoms with Crippen molar-refractivity contribution in [3.63, 3.8) is 0 Å². The lowest BCUT2D eigenvalue weighted by Gasteiger charge is -2.19. The van der Waals surface area contributed by atoms with Crippen LogP contribution in [-0.4, -0.2) is 52.4 Å². The largest absolute Gasteiger partial charge is 0.493 e. The van der Waals surface area contributed by atoms with E-state index in [1.54, 1.807) is 42.5 Å². The van der Waals surface area contributed by atoms with Crippen molar-refractivity contribution in [2.45, 2.75) is 11.8 Å². The van der Waals surface area contributed by atoms with Crippen molar-refractivity contribution in [1.29, 1.82) is 0 Å². The lowest BCUT2D eigenvalue weighted by molar-refractivity contribution is -0.123. The third-order valence-corrected chi connectivity index (χ3v) is 6.89. The minimum absolute atomic E-state index is 0.0215. The Bertz CT molecular complexity index is 1540. The Morgan fingerprint density at radius 2 is 1.54 bits per heavy atom. The van der Waals surface area contributed by atoms with Crippen molar-refractivity contribution < 1.29 is 32.2 Å². The number of sulfonamides is 1. The monoisotopic (exact) mass is 550 g/mol. The van der Waals surface area contributed by atoms with Crippen LogP contribution >= 0.6 is 0 Å². The van der Waals surface area contributed by atoms with Crippen molar-refractivity contribution in [3.05, 3.63) is 83.6 Å². The number of methoxy groups -OCH3 is 3. The number of amidine groups is 1. The van der Waals surface area contributed by atoms with E-state index in [-0.39, 0.29) is 22.3 Å². The highest BCUT2D eigenvalue weighted by Gasteiger charge is 2.35. The van der Waals surface area contributed by atoms with E-state index in [2.05, 4.69) is 15.1 Å². The van der Waals surface area contributed by atoms with Gasteiger partial charge in [-0.3, -0.25) is 9.59 Å². The van der Waals surface area contributed by atoms with Crippen molar-refractivity contribution >= 4 is 39.4 Å². The van der Waals surface area contributed by atoms with Crippen molar-refractivity contribution in [2.24, 2.45) is 4.99 Å². The lowest BCUT2D eigenvalue weighted by atomic mass is 10.1. The maximum atomic E-state index is 13.5. The van der Waals surface area contributed by atoms with Gasteiger partial charge >= 0.3 is 0 Å². The molecule has 2 N–H and O–H groups in total. The first-order valence-corrected chi connectivity index (χ1v) is 13.1. The number of hydrogen-bond acceptors (Lipinski definition) is 8. The quantitative estimate of drug-likeness (QED) is 0.391. The maximum absolute atomic E-state index is 13.5. The molecule has 1 aliphatic heterocycles. The summed E-state index contributed by atoms with van der Waals surface area (Å²) in [6.07, 6.45) is 1.49. The summed E-state index contributed by atoms with van der Waals surface area (Å²) < 4.78 is 42.6. The first kappa shape index (κ1) is 27.4. The van der Waals surface area contributed by atoms with Gasteiger partial charge in [0.25, 0.3) is 15.9 Å². The molecule has 11 nitrogen and oxygen atoms in total. The predicted octanol–water partition coefficient (Wildman–Crippen LogP) is 3.19. The van der Waals surface area contributed by atoms with Gasteiger partial charge in [-0.25, -0.2) is 18.4 Å². The van der Waals surface area contributed by atoms with Crippen molar-refractivity contribution in [2.75, 3.05) is 26.6 Å². The number of nitrogens with one attached hydrogen (secondary N) is 2. The van der Waals surface area contributed by atoms with Gasteiger partial charge in [-0.15, -0.1) is 4.83 Å². The molecule has 0 saturated heterocycles. The summed E-state index contributed by atoms with van der Waals surface area (Å²) in [6, 6.07) is 17.5. The molecule has 2 amide bonds. The standard InChI is InChI=1S/C27H26N4O7S/c1-17(32)28-20-10-12-21(13-11-20)39(34,35)30-31-26(19-8-6-5-7-9-19)29-22(27(31)33)14-18-15-23(36-2)25(38-4)24(16-18)37-3/h5-16,30H,1-4H3,(H,28,32)/b22-14-. The minimum Gasteiger partial charge on any atom is -0.493 e. The molecule has 0 unspecified atom stereocenters. The van der Waals surface area contributed by atoms with Gasteiger partial charge in [-0.2, -0.15) is 0 Å². The molecule has 0 aromatic heterocycles. The molecular weight excluding hydrogens is 524 g/mol. The van der Waals surface area contributed by atoms with Crippen molar-refractivity contribution in [1.82, 2.24) is 9.84 Å². The summed E-state index contributed by atoms with van der Waals surface area (Å²) in [5, 5.41) is 3.46. The number of anilines is 1. The summed E-state index contributed by atoms with van der Waals surface area (Å²) >= 11 is 0. The number of ether oxygens (including phenoxy) is 3. The molecule has 0 aliphatic carbocycles. The molecule has 0 saturated carbocycles. The second-order valence-electron chi connectivity index (χ2n) is 8.23. The Balaban J connectivity index is 1.72. The zero-order valence-electron chi connectivity index (χ0n) is 21.6. The van der Waals surface area contributed by atoms with Crippen LogP contribution in [0.2, 0.25) is 0 Å². The fourth-order valence-corrected chi connectivity index (χ4v) is 4.83. The van der Waals surface area contributed by atoms with Crippen LogP contribution in [0.1, 0.15) is 18.1 Å². The number of carbonyl (C=O) groups excluding carboxylic acids is 2. The van der Waals surface area contributed by atoms with E-state index < -0.39 is 15.9 Å². The van der Waals surface area contributed by atoms with Gasteiger partial charge in [0.2, 0.25) is 11.7 Å². The molecule has 3 aromatic rings. The van der Waals surface area contributed by atoms with Crippen LogP contribution in [0, 0.1) is 0 Å². The molecule has 39 heavy (non-hydrogen) atoms. The summed E-state index contributed by atoms with van der Waals surface area (Å²) in [7, 11) is 0.211. The van der Waals surface area contributed by atoms with Crippen LogP contribution in [0.3, 0.4) is 0 Å². The maximum Gasteiger partial charge on any atom is 0.293 e. The summed E-state index contributed by atoms with van der Waals surface area (Å²) in [5.41, 5.74) is 1.44. The Labute approximate surface area is 225 Å². The van der Waals surface area contributed by atoms with Gasteiger partial charge in [-0.05, 0) is 48.0 Å². The molecule has 0 radical (unpaired) electrons. The van der Waals surface area contributed by atoms with Crippen LogP contribution in [0.15, 0.2) is 82.3 Å². The second-order valence-corrected chi connectivity index (χ2v) is 9.89. The predicted molar refractivity (Wildman–Crippen MR) is 145 cm³/mol. The molecule has 0 spiro atoms. The fourth-order valence-electron chi connectivity index (χ4n) is 3.82. The van der Waals surface area contributed by atoms with E-state index in [0.717, 1.165) is 5.01 Å². The molecule has 0 atom stereocenters. The van der Waals surface area contributed by atoms with Crippen molar-refractivity contribution in [3.8, 4) is 17.2 Å². The molecule has 12 heteroatoms. The Hall–Kier alpha value is -4.68. The summed E-state index contributed by atoms with van der Waals surface area (Å²) in [5.74, 6) is 0.246. The zero-order chi connectivity index (χ0) is 28.2. The molecule has 0 bridgehead atoms. The smallest absolute Gasteiger partial charge is 0.293 e. The van der Waals surface area contributed by atoms with E-state index >= 15 is 0 Å². The fraction of sp³-hybridized carbons (Fsp3) is 0.148. The van der Waals surface area contributed by atoms with E-state index in [4.69, 9.17) is 14.2 Å². The number of aliphatic imine (C=N–C) groups is 1. The number of carbonyl (C=O) groups is 2.